The maximum Gasteiger partial charge on any atom is 0.131 e. The van der Waals surface area contributed by atoms with Crippen molar-refractivity contribution in [3.8, 4) is 0 Å². The Morgan fingerprint density at radius 2 is 1.86 bits per heavy atom. The van der Waals surface area contributed by atoms with Crippen molar-refractivity contribution in [1.29, 1.82) is 0 Å². The molecule has 0 amide bonds. The lowest BCUT2D eigenvalue weighted by molar-refractivity contribution is 0.132. The molecule has 1 atom stereocenters. The van der Waals surface area contributed by atoms with Crippen LogP contribution in [-0.4, -0.2) is 36.1 Å². The molecule has 1 aromatic rings. The smallest absolute Gasteiger partial charge is 0.131 e. The summed E-state index contributed by atoms with van der Waals surface area (Å²) in [5.74, 6) is 1.95. The average molecular weight is 301 g/mol. The summed E-state index contributed by atoms with van der Waals surface area (Å²) in [6.07, 6.45) is 8.77. The lowest BCUT2D eigenvalue weighted by Crippen LogP contribution is -2.36. The summed E-state index contributed by atoms with van der Waals surface area (Å²) in [7, 11) is 0. The summed E-state index contributed by atoms with van der Waals surface area (Å²) in [5, 5.41) is 0. The van der Waals surface area contributed by atoms with Crippen molar-refractivity contribution in [2.75, 3.05) is 31.1 Å². The summed E-state index contributed by atoms with van der Waals surface area (Å²) in [6, 6.07) is 2.99. The van der Waals surface area contributed by atoms with Gasteiger partial charge in [-0.2, -0.15) is 0 Å². The van der Waals surface area contributed by atoms with Crippen molar-refractivity contribution in [3.05, 3.63) is 23.4 Å². The number of anilines is 1. The van der Waals surface area contributed by atoms with E-state index in [-0.39, 0.29) is 0 Å². The fourth-order valence-electron chi connectivity index (χ4n) is 4.09. The van der Waals surface area contributed by atoms with E-state index in [2.05, 4.69) is 42.8 Å². The molecular formula is C19H31N3. The zero-order chi connectivity index (χ0) is 15.5. The van der Waals surface area contributed by atoms with Gasteiger partial charge in [0.25, 0.3) is 0 Å². The van der Waals surface area contributed by atoms with Gasteiger partial charge < -0.3 is 4.90 Å². The Morgan fingerprint density at radius 1 is 1.14 bits per heavy atom. The van der Waals surface area contributed by atoms with Gasteiger partial charge in [0.2, 0.25) is 0 Å². The molecule has 0 aromatic carbocycles. The first kappa shape index (κ1) is 15.8. The fraction of sp³-hybridized carbons (Fsp3) is 0.737. The van der Waals surface area contributed by atoms with Gasteiger partial charge in [0.05, 0.1) is 0 Å². The van der Waals surface area contributed by atoms with E-state index in [1.807, 2.05) is 0 Å². The van der Waals surface area contributed by atoms with E-state index in [0.717, 1.165) is 5.92 Å². The van der Waals surface area contributed by atoms with Gasteiger partial charge in [-0.1, -0.05) is 20.3 Å². The Morgan fingerprint density at radius 3 is 2.55 bits per heavy atom. The molecule has 0 radical (unpaired) electrons. The number of hydrogen-bond acceptors (Lipinski definition) is 3. The Balaban J connectivity index is 1.79. The molecule has 0 aliphatic carbocycles. The van der Waals surface area contributed by atoms with Crippen molar-refractivity contribution in [2.24, 2.45) is 5.92 Å². The topological polar surface area (TPSA) is 19.4 Å². The zero-order valence-electron chi connectivity index (χ0n) is 14.5. The molecule has 0 bridgehead atoms. The van der Waals surface area contributed by atoms with Gasteiger partial charge in [-0.05, 0) is 62.3 Å². The molecule has 3 heterocycles. The fourth-order valence-corrected chi connectivity index (χ4v) is 4.09. The van der Waals surface area contributed by atoms with Crippen LogP contribution >= 0.6 is 0 Å². The van der Waals surface area contributed by atoms with E-state index in [1.54, 1.807) is 0 Å². The van der Waals surface area contributed by atoms with Crippen LogP contribution in [0.3, 0.4) is 0 Å². The first-order valence-corrected chi connectivity index (χ1v) is 9.10. The number of aromatic nitrogens is 1. The van der Waals surface area contributed by atoms with E-state index < -0.39 is 0 Å². The van der Waals surface area contributed by atoms with Gasteiger partial charge in [-0.25, -0.2) is 4.98 Å². The molecule has 2 aliphatic rings. The van der Waals surface area contributed by atoms with E-state index in [4.69, 9.17) is 4.98 Å². The highest BCUT2D eigenvalue weighted by molar-refractivity contribution is 5.48. The highest BCUT2D eigenvalue weighted by Gasteiger charge is 2.25. The first-order chi connectivity index (χ1) is 10.6. The summed E-state index contributed by atoms with van der Waals surface area (Å²) in [6.45, 7) is 11.7. The molecule has 3 heteroatoms. The van der Waals surface area contributed by atoms with E-state index in [1.165, 1.54) is 75.2 Å². The molecule has 22 heavy (non-hydrogen) atoms. The van der Waals surface area contributed by atoms with Gasteiger partial charge in [-0.15, -0.1) is 0 Å². The summed E-state index contributed by atoms with van der Waals surface area (Å²) in [4.78, 5) is 9.98. The number of nitrogens with zero attached hydrogens (tertiary/aromatic N) is 3. The van der Waals surface area contributed by atoms with Crippen LogP contribution in [0, 0.1) is 12.8 Å². The Kier molecular flexibility index (Phi) is 5.02. The van der Waals surface area contributed by atoms with E-state index >= 15 is 0 Å². The monoisotopic (exact) mass is 301 g/mol. The van der Waals surface area contributed by atoms with Gasteiger partial charge >= 0.3 is 0 Å². The molecule has 1 aromatic heterocycles. The van der Waals surface area contributed by atoms with Crippen molar-refractivity contribution < 1.29 is 0 Å². The molecule has 0 spiro atoms. The van der Waals surface area contributed by atoms with Crippen LogP contribution in [0.25, 0.3) is 0 Å². The van der Waals surface area contributed by atoms with Gasteiger partial charge in [-0.3, -0.25) is 4.90 Å². The summed E-state index contributed by atoms with van der Waals surface area (Å²) in [5.41, 5.74) is 2.79. The third-order valence-corrected chi connectivity index (χ3v) is 5.08. The number of hydrogen-bond donors (Lipinski definition) is 0. The first-order valence-electron chi connectivity index (χ1n) is 9.10. The van der Waals surface area contributed by atoms with Crippen molar-refractivity contribution >= 4 is 5.82 Å². The normalized spacial score (nSPS) is 23.5. The lowest BCUT2D eigenvalue weighted by Gasteiger charge is -2.37. The van der Waals surface area contributed by atoms with Crippen LogP contribution in [0.2, 0.25) is 0 Å². The number of likely N-dealkylation sites (tertiary alicyclic amines) is 1. The average Bonchev–Trinajstić information content (AvgIpc) is 3.01. The van der Waals surface area contributed by atoms with Crippen LogP contribution < -0.4 is 4.90 Å². The maximum absolute atomic E-state index is 4.85. The molecule has 0 N–H and O–H groups in total. The predicted molar refractivity (Wildman–Crippen MR) is 93.4 cm³/mol. The minimum absolute atomic E-state index is 0.579. The second-order valence-corrected chi connectivity index (χ2v) is 7.50. The molecule has 122 valence electrons. The summed E-state index contributed by atoms with van der Waals surface area (Å²) >= 11 is 0. The van der Waals surface area contributed by atoms with Gasteiger partial charge in [0, 0.05) is 31.9 Å². The Hall–Kier alpha value is -1.09. The minimum atomic E-state index is 0.579. The largest absolute Gasteiger partial charge is 0.356 e. The number of aryl methyl sites for hydroxylation is 1. The summed E-state index contributed by atoms with van der Waals surface area (Å²) < 4.78 is 0. The second kappa shape index (κ2) is 6.99. The van der Waals surface area contributed by atoms with E-state index in [0.29, 0.717) is 6.04 Å². The van der Waals surface area contributed by atoms with E-state index in [9.17, 15) is 0 Å². The molecule has 1 unspecified atom stereocenters. The highest BCUT2D eigenvalue weighted by Crippen LogP contribution is 2.33. The standard InChI is InChI=1S/C19H31N3/c1-15(2)14-22-11-5-4-8-18(22)17-12-16(3)19(20-13-17)21-9-6-7-10-21/h12-13,15,18H,4-11,14H2,1-3H3. The van der Waals surface area contributed by atoms with Crippen molar-refractivity contribution in [2.45, 2.75) is 58.9 Å². The molecular weight excluding hydrogens is 270 g/mol. The Labute approximate surface area is 135 Å². The van der Waals surface area contributed by atoms with Crippen LogP contribution in [0.1, 0.15) is 63.1 Å². The third kappa shape index (κ3) is 3.45. The predicted octanol–water partition coefficient (Wildman–Crippen LogP) is 4.17. The van der Waals surface area contributed by atoms with Crippen molar-refractivity contribution in [1.82, 2.24) is 9.88 Å². The molecule has 3 nitrogen and oxygen atoms in total. The lowest BCUT2D eigenvalue weighted by atomic mass is 9.94. The molecule has 3 rings (SSSR count). The quantitative estimate of drug-likeness (QED) is 0.832. The van der Waals surface area contributed by atoms with Crippen LogP contribution in [0.5, 0.6) is 0 Å². The van der Waals surface area contributed by atoms with Crippen molar-refractivity contribution in [3.63, 3.8) is 0 Å². The maximum atomic E-state index is 4.85. The molecule has 2 aliphatic heterocycles. The highest BCUT2D eigenvalue weighted by atomic mass is 15.2. The van der Waals surface area contributed by atoms with Gasteiger partial charge in [0.1, 0.15) is 5.82 Å². The number of rotatable bonds is 4. The zero-order valence-corrected chi connectivity index (χ0v) is 14.5. The van der Waals surface area contributed by atoms with Crippen LogP contribution in [0.15, 0.2) is 12.3 Å². The molecule has 0 saturated carbocycles. The number of piperidine rings is 1. The SMILES string of the molecule is Cc1cc(C2CCCCN2CC(C)C)cnc1N1CCCC1. The second-order valence-electron chi connectivity index (χ2n) is 7.50. The number of pyridine rings is 1. The third-order valence-electron chi connectivity index (χ3n) is 5.08. The Bertz CT molecular complexity index is 491. The van der Waals surface area contributed by atoms with Crippen LogP contribution in [-0.2, 0) is 0 Å². The van der Waals surface area contributed by atoms with Crippen LogP contribution in [0.4, 0.5) is 5.82 Å². The molecule has 2 saturated heterocycles. The minimum Gasteiger partial charge on any atom is -0.356 e. The molecule has 2 fully saturated rings. The van der Waals surface area contributed by atoms with Gasteiger partial charge in [0.15, 0.2) is 0 Å².